The van der Waals surface area contributed by atoms with Gasteiger partial charge in [-0.2, -0.15) is 0 Å². The number of sulfonamides is 1. The second-order valence-corrected chi connectivity index (χ2v) is 13.6. The summed E-state index contributed by atoms with van der Waals surface area (Å²) >= 11 is 12.4. The number of carbonyl (C=O) groups excluding carboxylic acids is 2. The van der Waals surface area contributed by atoms with E-state index < -0.39 is 34.1 Å². The van der Waals surface area contributed by atoms with Crippen LogP contribution in [0.15, 0.2) is 71.6 Å². The molecule has 226 valence electrons. The number of nitrogens with one attached hydrogen (secondary N) is 1. The Bertz CT molecular complexity index is 1510. The lowest BCUT2D eigenvalue weighted by molar-refractivity contribution is -0.141. The summed E-state index contributed by atoms with van der Waals surface area (Å²) in [5.74, 6) is -0.262. The van der Waals surface area contributed by atoms with Crippen molar-refractivity contribution in [1.82, 2.24) is 10.2 Å². The van der Waals surface area contributed by atoms with E-state index in [0.29, 0.717) is 12.2 Å². The number of carbonyl (C=O) groups is 2. The first kappa shape index (κ1) is 33.2. The van der Waals surface area contributed by atoms with Crippen molar-refractivity contribution in [2.45, 2.75) is 64.1 Å². The summed E-state index contributed by atoms with van der Waals surface area (Å²) in [4.78, 5) is 29.0. The van der Waals surface area contributed by atoms with E-state index in [9.17, 15) is 18.0 Å². The number of hydrogen-bond acceptors (Lipinski definition) is 5. The molecule has 0 aliphatic heterocycles. The minimum absolute atomic E-state index is 0.00574. The van der Waals surface area contributed by atoms with E-state index in [-0.39, 0.29) is 33.1 Å². The minimum atomic E-state index is -4.23. The Labute approximate surface area is 258 Å². The van der Waals surface area contributed by atoms with Gasteiger partial charge in [0.2, 0.25) is 11.8 Å². The summed E-state index contributed by atoms with van der Waals surface area (Å²) in [5, 5.41) is 3.33. The zero-order valence-electron chi connectivity index (χ0n) is 24.6. The number of hydrogen-bond donors (Lipinski definition) is 1. The van der Waals surface area contributed by atoms with Crippen molar-refractivity contribution in [3.8, 4) is 5.75 Å². The quantitative estimate of drug-likeness (QED) is 0.270. The maximum absolute atomic E-state index is 14.2. The third kappa shape index (κ3) is 8.40. The number of benzene rings is 3. The molecule has 0 aliphatic carbocycles. The fourth-order valence-corrected chi connectivity index (χ4v) is 6.00. The highest BCUT2D eigenvalue weighted by molar-refractivity contribution is 7.92. The first-order valence-corrected chi connectivity index (χ1v) is 15.6. The van der Waals surface area contributed by atoms with E-state index >= 15 is 0 Å². The normalized spacial score (nSPS) is 12.4. The molecule has 8 nitrogen and oxygen atoms in total. The van der Waals surface area contributed by atoms with Crippen LogP contribution in [-0.4, -0.2) is 50.4 Å². The van der Waals surface area contributed by atoms with Gasteiger partial charge >= 0.3 is 0 Å². The van der Waals surface area contributed by atoms with Gasteiger partial charge < -0.3 is 15.0 Å². The second kappa shape index (κ2) is 13.8. The lowest BCUT2D eigenvalue weighted by atomic mass is 10.1. The Morgan fingerprint density at radius 2 is 1.57 bits per heavy atom. The Hall–Kier alpha value is -3.27. The van der Waals surface area contributed by atoms with Gasteiger partial charge in [-0.1, -0.05) is 60.0 Å². The van der Waals surface area contributed by atoms with Crippen LogP contribution in [0.1, 0.15) is 45.2 Å². The van der Waals surface area contributed by atoms with E-state index in [1.807, 2.05) is 27.7 Å². The van der Waals surface area contributed by atoms with Gasteiger partial charge in [0.05, 0.1) is 27.7 Å². The summed E-state index contributed by atoms with van der Waals surface area (Å²) in [5.41, 5.74) is 1.25. The van der Waals surface area contributed by atoms with E-state index in [1.54, 1.807) is 50.4 Å². The lowest BCUT2D eigenvalue weighted by Crippen LogP contribution is -2.55. The number of halogens is 2. The predicted octanol–water partition coefficient (Wildman–Crippen LogP) is 6.23. The van der Waals surface area contributed by atoms with Crippen molar-refractivity contribution >= 4 is 50.7 Å². The first-order chi connectivity index (χ1) is 19.7. The number of amides is 2. The van der Waals surface area contributed by atoms with Gasteiger partial charge in [-0.05, 0) is 82.1 Å². The summed E-state index contributed by atoms with van der Waals surface area (Å²) in [6, 6.07) is 17.0. The van der Waals surface area contributed by atoms with Crippen LogP contribution in [0.25, 0.3) is 0 Å². The van der Waals surface area contributed by atoms with E-state index in [2.05, 4.69) is 5.32 Å². The molecule has 0 heterocycles. The number of ether oxygens (including phenoxy) is 1. The van der Waals surface area contributed by atoms with E-state index in [4.69, 9.17) is 27.9 Å². The van der Waals surface area contributed by atoms with Crippen LogP contribution in [0, 0.1) is 6.92 Å². The fourth-order valence-electron chi connectivity index (χ4n) is 4.31. The SMILES string of the molecule is CC[C@@H](C(=O)NC(C)(C)C)N(Cc1ccc(OC)cc1)C(=O)CN(c1ccc(Cl)c(Cl)c1)S(=O)(=O)c1ccc(C)cc1. The molecule has 1 N–H and O–H groups in total. The molecule has 0 aromatic heterocycles. The third-order valence-electron chi connectivity index (χ3n) is 6.48. The molecule has 0 bridgehead atoms. The predicted molar refractivity (Wildman–Crippen MR) is 168 cm³/mol. The summed E-state index contributed by atoms with van der Waals surface area (Å²) in [7, 11) is -2.67. The Balaban J connectivity index is 2.09. The molecule has 42 heavy (non-hydrogen) atoms. The highest BCUT2D eigenvalue weighted by Gasteiger charge is 2.34. The van der Waals surface area contributed by atoms with Crippen molar-refractivity contribution in [1.29, 1.82) is 0 Å². The summed E-state index contributed by atoms with van der Waals surface area (Å²) in [6.45, 7) is 8.71. The molecule has 0 saturated carbocycles. The largest absolute Gasteiger partial charge is 0.497 e. The zero-order chi connectivity index (χ0) is 31.2. The lowest BCUT2D eigenvalue weighted by Gasteiger charge is -2.34. The van der Waals surface area contributed by atoms with Gasteiger partial charge in [-0.15, -0.1) is 0 Å². The first-order valence-electron chi connectivity index (χ1n) is 13.4. The topological polar surface area (TPSA) is 96.0 Å². The van der Waals surface area contributed by atoms with Gasteiger partial charge in [0.25, 0.3) is 10.0 Å². The van der Waals surface area contributed by atoms with Gasteiger partial charge in [0.15, 0.2) is 0 Å². The van der Waals surface area contributed by atoms with Crippen LogP contribution in [0.4, 0.5) is 5.69 Å². The number of anilines is 1. The summed E-state index contributed by atoms with van der Waals surface area (Å²) in [6.07, 6.45) is 0.307. The number of rotatable bonds is 11. The van der Waals surface area contributed by atoms with Crippen LogP contribution in [-0.2, 0) is 26.2 Å². The maximum Gasteiger partial charge on any atom is 0.264 e. The van der Waals surface area contributed by atoms with E-state index in [1.165, 1.54) is 35.2 Å². The average molecular weight is 635 g/mol. The third-order valence-corrected chi connectivity index (χ3v) is 9.00. The van der Waals surface area contributed by atoms with E-state index in [0.717, 1.165) is 15.4 Å². The van der Waals surface area contributed by atoms with Gasteiger partial charge in [-0.3, -0.25) is 13.9 Å². The molecular weight excluding hydrogens is 597 g/mol. The molecule has 0 aliphatic rings. The van der Waals surface area contributed by atoms with Crippen LogP contribution in [0.5, 0.6) is 5.75 Å². The molecule has 0 fully saturated rings. The molecule has 1 atom stereocenters. The number of methoxy groups -OCH3 is 1. The summed E-state index contributed by atoms with van der Waals surface area (Å²) < 4.78 is 34.2. The van der Waals surface area contributed by atoms with Gasteiger partial charge in [0.1, 0.15) is 18.3 Å². The molecule has 0 radical (unpaired) electrons. The van der Waals surface area contributed by atoms with Gasteiger partial charge in [-0.25, -0.2) is 8.42 Å². The molecule has 0 saturated heterocycles. The van der Waals surface area contributed by atoms with Crippen molar-refractivity contribution in [3.63, 3.8) is 0 Å². The monoisotopic (exact) mass is 633 g/mol. The molecule has 3 aromatic rings. The molecular formula is C31H37Cl2N3O5S. The molecule has 3 rings (SSSR count). The number of aryl methyl sites for hydroxylation is 1. The van der Waals surface area contributed by atoms with Crippen LogP contribution < -0.4 is 14.4 Å². The highest BCUT2D eigenvalue weighted by Crippen LogP contribution is 2.31. The fraction of sp³-hybridized carbons (Fsp3) is 0.355. The van der Waals surface area contributed by atoms with Crippen molar-refractivity contribution in [2.75, 3.05) is 18.0 Å². The zero-order valence-corrected chi connectivity index (χ0v) is 27.0. The Morgan fingerprint density at radius 3 is 2.10 bits per heavy atom. The maximum atomic E-state index is 14.2. The highest BCUT2D eigenvalue weighted by atomic mass is 35.5. The average Bonchev–Trinajstić information content (AvgIpc) is 2.92. The second-order valence-electron chi connectivity index (χ2n) is 11.0. The van der Waals surface area contributed by atoms with Crippen molar-refractivity contribution < 1.29 is 22.7 Å². The molecule has 2 amide bonds. The van der Waals surface area contributed by atoms with Crippen molar-refractivity contribution in [3.05, 3.63) is 87.9 Å². The van der Waals surface area contributed by atoms with Crippen LogP contribution in [0.2, 0.25) is 10.0 Å². The number of nitrogens with zero attached hydrogens (tertiary/aromatic N) is 2. The van der Waals surface area contributed by atoms with Crippen molar-refractivity contribution in [2.24, 2.45) is 0 Å². The smallest absolute Gasteiger partial charge is 0.264 e. The minimum Gasteiger partial charge on any atom is -0.497 e. The molecule has 0 unspecified atom stereocenters. The molecule has 3 aromatic carbocycles. The molecule has 0 spiro atoms. The molecule has 11 heteroatoms. The van der Waals surface area contributed by atoms with Crippen LogP contribution in [0.3, 0.4) is 0 Å². The Kier molecular flexibility index (Phi) is 10.9. The Morgan fingerprint density at radius 1 is 0.952 bits per heavy atom. The van der Waals surface area contributed by atoms with Gasteiger partial charge in [0, 0.05) is 12.1 Å². The standard InChI is InChI=1S/C31H37Cl2N3O5S/c1-7-28(30(38)34-31(3,4)5)35(19-22-10-13-24(41-6)14-11-22)29(37)20-36(23-12-17-26(32)27(33)18-23)42(39,40)25-15-8-21(2)9-16-25/h8-18,28H,7,19-20H2,1-6H3,(H,34,38)/t28-/m0/s1. The van der Waals surface area contributed by atoms with Crippen LogP contribution >= 0.6 is 23.2 Å².